The van der Waals surface area contributed by atoms with E-state index in [0.717, 1.165) is 28.2 Å². The molecule has 0 amide bonds. The van der Waals surface area contributed by atoms with E-state index in [9.17, 15) is 4.79 Å². The van der Waals surface area contributed by atoms with Gasteiger partial charge in [0.25, 0.3) is 0 Å². The molecular formula is C25H24O3. The van der Waals surface area contributed by atoms with E-state index in [-0.39, 0.29) is 5.78 Å². The number of hydrogen-bond donors (Lipinski definition) is 0. The van der Waals surface area contributed by atoms with Crippen molar-refractivity contribution in [1.29, 1.82) is 0 Å². The number of Topliss-reactive ketones (excluding diaryl/α,β-unsaturated/α-hetero) is 1. The van der Waals surface area contributed by atoms with Crippen molar-refractivity contribution in [1.82, 2.24) is 0 Å². The predicted molar refractivity (Wildman–Crippen MR) is 114 cm³/mol. The number of carbonyl (C=O) groups is 1. The predicted octanol–water partition coefficient (Wildman–Crippen LogP) is 5.74. The number of hydrogen-bond acceptors (Lipinski definition) is 3. The van der Waals surface area contributed by atoms with Gasteiger partial charge in [0.05, 0.1) is 14.2 Å². The number of ketones is 1. The van der Waals surface area contributed by atoms with Gasteiger partial charge in [0, 0.05) is 11.1 Å². The molecule has 0 radical (unpaired) electrons. The Morgan fingerprint density at radius 1 is 0.786 bits per heavy atom. The zero-order valence-electron chi connectivity index (χ0n) is 16.7. The van der Waals surface area contributed by atoms with Crippen LogP contribution in [0.5, 0.6) is 11.5 Å². The van der Waals surface area contributed by atoms with Gasteiger partial charge in [-0.2, -0.15) is 0 Å². The number of aryl methyl sites for hydroxylation is 2. The smallest absolute Gasteiger partial charge is 0.193 e. The molecule has 3 aromatic carbocycles. The molecule has 0 N–H and O–H groups in total. The lowest BCUT2D eigenvalue weighted by Gasteiger charge is -2.12. The number of benzene rings is 3. The zero-order chi connectivity index (χ0) is 20.1. The number of allylic oxidation sites excluding steroid dienone is 1. The van der Waals surface area contributed by atoms with E-state index in [1.165, 1.54) is 5.56 Å². The molecule has 3 heteroatoms. The highest BCUT2D eigenvalue weighted by Gasteiger charge is 2.17. The quantitative estimate of drug-likeness (QED) is 0.314. The summed E-state index contributed by atoms with van der Waals surface area (Å²) >= 11 is 0. The number of rotatable bonds is 6. The van der Waals surface area contributed by atoms with Crippen LogP contribution in [0.1, 0.15) is 32.6 Å². The molecule has 0 aromatic heterocycles. The highest BCUT2D eigenvalue weighted by molar-refractivity contribution is 6.32. The minimum absolute atomic E-state index is 0.0223. The molecule has 0 aliphatic rings. The first kappa shape index (κ1) is 19.4. The highest BCUT2D eigenvalue weighted by atomic mass is 16.5. The van der Waals surface area contributed by atoms with Crippen molar-refractivity contribution < 1.29 is 14.3 Å². The fraction of sp³-hybridized carbons (Fsp3) is 0.160. The lowest BCUT2D eigenvalue weighted by Crippen LogP contribution is -2.05. The Kier molecular flexibility index (Phi) is 5.95. The van der Waals surface area contributed by atoms with E-state index in [1.54, 1.807) is 14.2 Å². The van der Waals surface area contributed by atoms with Gasteiger partial charge < -0.3 is 9.47 Å². The number of ether oxygens (including phenoxy) is 2. The average molecular weight is 372 g/mol. The van der Waals surface area contributed by atoms with Crippen LogP contribution in [0.2, 0.25) is 0 Å². The SMILES string of the molecule is COc1ccc(/C(=C\c2ccc(C)cc2)C(=O)c2ccc(OC)cc2C)cc1. The van der Waals surface area contributed by atoms with Crippen LogP contribution in [0.3, 0.4) is 0 Å². The first-order chi connectivity index (χ1) is 13.5. The number of methoxy groups -OCH3 is 2. The van der Waals surface area contributed by atoms with Crippen LogP contribution >= 0.6 is 0 Å². The molecule has 0 heterocycles. The normalized spacial score (nSPS) is 11.2. The van der Waals surface area contributed by atoms with Crippen molar-refractivity contribution in [3.05, 3.63) is 94.5 Å². The molecule has 0 atom stereocenters. The summed E-state index contributed by atoms with van der Waals surface area (Å²) in [6.45, 7) is 3.97. The van der Waals surface area contributed by atoms with Crippen molar-refractivity contribution in [3.63, 3.8) is 0 Å². The van der Waals surface area contributed by atoms with E-state index in [2.05, 4.69) is 0 Å². The summed E-state index contributed by atoms with van der Waals surface area (Å²) in [5.41, 5.74) is 5.19. The summed E-state index contributed by atoms with van der Waals surface area (Å²) in [4.78, 5) is 13.5. The molecule has 0 spiro atoms. The van der Waals surface area contributed by atoms with Gasteiger partial charge in [-0.25, -0.2) is 0 Å². The molecule has 0 saturated carbocycles. The van der Waals surface area contributed by atoms with Crippen LogP contribution in [0, 0.1) is 13.8 Å². The molecule has 0 fully saturated rings. The summed E-state index contributed by atoms with van der Waals surface area (Å²) < 4.78 is 10.5. The van der Waals surface area contributed by atoms with Gasteiger partial charge in [-0.3, -0.25) is 4.79 Å². The molecule has 3 rings (SSSR count). The minimum atomic E-state index is -0.0223. The van der Waals surface area contributed by atoms with Crippen LogP contribution in [-0.4, -0.2) is 20.0 Å². The summed E-state index contributed by atoms with van der Waals surface area (Å²) in [6.07, 6.45) is 1.94. The Morgan fingerprint density at radius 2 is 1.39 bits per heavy atom. The summed E-state index contributed by atoms with van der Waals surface area (Å²) in [6, 6.07) is 21.2. The first-order valence-electron chi connectivity index (χ1n) is 9.14. The van der Waals surface area contributed by atoms with Crippen LogP contribution in [0.4, 0.5) is 0 Å². The van der Waals surface area contributed by atoms with Crippen LogP contribution < -0.4 is 9.47 Å². The molecule has 0 aliphatic carbocycles. The lowest BCUT2D eigenvalue weighted by atomic mass is 9.92. The molecule has 0 unspecified atom stereocenters. The Hall–Kier alpha value is -3.33. The molecule has 0 aliphatic heterocycles. The lowest BCUT2D eigenvalue weighted by molar-refractivity contribution is 0.105. The van der Waals surface area contributed by atoms with Crippen molar-refractivity contribution in [2.24, 2.45) is 0 Å². The van der Waals surface area contributed by atoms with Crippen molar-refractivity contribution in [2.75, 3.05) is 14.2 Å². The second-order valence-corrected chi connectivity index (χ2v) is 6.71. The monoisotopic (exact) mass is 372 g/mol. The van der Waals surface area contributed by atoms with E-state index in [1.807, 2.05) is 86.7 Å². The zero-order valence-corrected chi connectivity index (χ0v) is 16.7. The molecule has 142 valence electrons. The Labute approximate surface area is 166 Å². The van der Waals surface area contributed by atoms with Crippen LogP contribution in [0.15, 0.2) is 66.7 Å². The second-order valence-electron chi connectivity index (χ2n) is 6.71. The molecule has 3 nitrogen and oxygen atoms in total. The summed E-state index contributed by atoms with van der Waals surface area (Å²) in [7, 11) is 3.25. The topological polar surface area (TPSA) is 35.5 Å². The van der Waals surface area contributed by atoms with Gasteiger partial charge in [0.15, 0.2) is 5.78 Å². The third kappa shape index (κ3) is 4.32. The van der Waals surface area contributed by atoms with Crippen molar-refractivity contribution >= 4 is 17.4 Å². The fourth-order valence-electron chi connectivity index (χ4n) is 3.04. The first-order valence-corrected chi connectivity index (χ1v) is 9.14. The van der Waals surface area contributed by atoms with Crippen LogP contribution in [-0.2, 0) is 0 Å². The van der Waals surface area contributed by atoms with Gasteiger partial charge in [-0.15, -0.1) is 0 Å². The van der Waals surface area contributed by atoms with E-state index < -0.39 is 0 Å². The van der Waals surface area contributed by atoms with Gasteiger partial charge in [0.2, 0.25) is 0 Å². The van der Waals surface area contributed by atoms with E-state index in [0.29, 0.717) is 11.1 Å². The standard InChI is InChI=1S/C25H24O3/c1-17-5-7-19(8-6-17)16-24(20-9-11-21(27-3)12-10-20)25(26)23-14-13-22(28-4)15-18(23)2/h5-16H,1-4H3/b24-16+. The van der Waals surface area contributed by atoms with Crippen molar-refractivity contribution in [3.8, 4) is 11.5 Å². The molecule has 0 saturated heterocycles. The third-order valence-electron chi connectivity index (χ3n) is 4.71. The maximum Gasteiger partial charge on any atom is 0.193 e. The Morgan fingerprint density at radius 3 is 1.96 bits per heavy atom. The largest absolute Gasteiger partial charge is 0.497 e. The van der Waals surface area contributed by atoms with Gasteiger partial charge in [0.1, 0.15) is 11.5 Å². The Bertz CT molecular complexity index is 997. The third-order valence-corrected chi connectivity index (χ3v) is 4.71. The van der Waals surface area contributed by atoms with Gasteiger partial charge in [-0.05, 0) is 66.9 Å². The highest BCUT2D eigenvalue weighted by Crippen LogP contribution is 2.27. The van der Waals surface area contributed by atoms with E-state index >= 15 is 0 Å². The Balaban J connectivity index is 2.09. The van der Waals surface area contributed by atoms with E-state index in [4.69, 9.17) is 9.47 Å². The molecule has 0 bridgehead atoms. The maximum atomic E-state index is 13.5. The summed E-state index contributed by atoms with van der Waals surface area (Å²) in [5, 5.41) is 0. The molecule has 28 heavy (non-hydrogen) atoms. The van der Waals surface area contributed by atoms with Gasteiger partial charge in [-0.1, -0.05) is 42.0 Å². The summed E-state index contributed by atoms with van der Waals surface area (Å²) in [5.74, 6) is 1.47. The van der Waals surface area contributed by atoms with Crippen molar-refractivity contribution in [2.45, 2.75) is 13.8 Å². The maximum absolute atomic E-state index is 13.5. The minimum Gasteiger partial charge on any atom is -0.497 e. The van der Waals surface area contributed by atoms with Gasteiger partial charge >= 0.3 is 0 Å². The number of carbonyl (C=O) groups excluding carboxylic acids is 1. The van der Waals surface area contributed by atoms with Crippen LogP contribution in [0.25, 0.3) is 11.6 Å². The second kappa shape index (κ2) is 8.57. The molecular weight excluding hydrogens is 348 g/mol. The molecule has 3 aromatic rings. The fourth-order valence-corrected chi connectivity index (χ4v) is 3.04. The average Bonchev–Trinajstić information content (AvgIpc) is 2.73.